The summed E-state index contributed by atoms with van der Waals surface area (Å²) >= 11 is 1.54. The number of rotatable bonds is 6. The maximum atomic E-state index is 10.5. The standard InChI is InChI=1S/C17H25N3O2S.ClH/c21-16(22)7-6-15-12-23-17(19-15)18-14-8-9-20(11-14)10-13-4-2-1-3-5-13;/h6-7,12-14H,1-5,8-11H2,(H,18,19)(H,21,22);1H/t14-;/m1./s1. The fourth-order valence-corrected chi connectivity index (χ4v) is 4.37. The Hall–Kier alpha value is -1.11. The lowest BCUT2D eigenvalue weighted by Gasteiger charge is -2.26. The quantitative estimate of drug-likeness (QED) is 0.746. The summed E-state index contributed by atoms with van der Waals surface area (Å²) < 4.78 is 0. The highest BCUT2D eigenvalue weighted by Crippen LogP contribution is 2.26. The summed E-state index contributed by atoms with van der Waals surface area (Å²) in [5.74, 6) is -0.0447. The van der Waals surface area contributed by atoms with E-state index in [2.05, 4.69) is 15.2 Å². The lowest BCUT2D eigenvalue weighted by Crippen LogP contribution is -2.31. The molecule has 0 unspecified atom stereocenters. The highest BCUT2D eigenvalue weighted by atomic mass is 35.5. The van der Waals surface area contributed by atoms with Crippen molar-refractivity contribution in [3.05, 3.63) is 17.2 Å². The van der Waals surface area contributed by atoms with Crippen LogP contribution in [0.2, 0.25) is 0 Å². The van der Waals surface area contributed by atoms with Gasteiger partial charge < -0.3 is 15.3 Å². The smallest absolute Gasteiger partial charge is 0.328 e. The first-order valence-corrected chi connectivity index (χ1v) is 9.42. The summed E-state index contributed by atoms with van der Waals surface area (Å²) in [6, 6.07) is 0.459. The first kappa shape index (κ1) is 19.2. The molecule has 7 heteroatoms. The molecule has 0 spiro atoms. The van der Waals surface area contributed by atoms with Crippen LogP contribution in [0.25, 0.3) is 6.08 Å². The van der Waals surface area contributed by atoms with E-state index in [4.69, 9.17) is 5.11 Å². The molecule has 1 aromatic heterocycles. The number of halogens is 1. The number of hydrogen-bond acceptors (Lipinski definition) is 5. The van der Waals surface area contributed by atoms with E-state index >= 15 is 0 Å². The van der Waals surface area contributed by atoms with Gasteiger partial charge in [0.1, 0.15) is 0 Å². The second kappa shape index (κ2) is 9.39. The van der Waals surface area contributed by atoms with Gasteiger partial charge in [0.25, 0.3) is 0 Å². The van der Waals surface area contributed by atoms with Crippen molar-refractivity contribution in [1.82, 2.24) is 9.88 Å². The SMILES string of the molecule is Cl.O=C(O)C=Cc1csc(N[C@@H]2CCN(CC3CCCCC3)C2)n1. The van der Waals surface area contributed by atoms with Crippen LogP contribution in [-0.4, -0.2) is 46.6 Å². The third kappa shape index (κ3) is 5.76. The van der Waals surface area contributed by atoms with Gasteiger partial charge in [0.2, 0.25) is 0 Å². The molecule has 2 heterocycles. The molecule has 1 saturated heterocycles. The van der Waals surface area contributed by atoms with E-state index in [0.717, 1.165) is 30.1 Å². The van der Waals surface area contributed by atoms with Crippen LogP contribution in [0.3, 0.4) is 0 Å². The molecule has 1 aromatic rings. The number of nitrogens with one attached hydrogen (secondary N) is 1. The number of likely N-dealkylation sites (tertiary alicyclic amines) is 1. The molecule has 1 atom stereocenters. The van der Waals surface area contributed by atoms with Crippen LogP contribution in [0.5, 0.6) is 0 Å². The largest absolute Gasteiger partial charge is 0.478 e. The van der Waals surface area contributed by atoms with Gasteiger partial charge in [-0.1, -0.05) is 19.3 Å². The van der Waals surface area contributed by atoms with Gasteiger partial charge in [0, 0.05) is 37.1 Å². The summed E-state index contributed by atoms with van der Waals surface area (Å²) in [4.78, 5) is 17.5. The molecule has 0 bridgehead atoms. The van der Waals surface area contributed by atoms with Gasteiger partial charge in [-0.25, -0.2) is 9.78 Å². The number of aromatic nitrogens is 1. The van der Waals surface area contributed by atoms with Crippen LogP contribution in [0.4, 0.5) is 5.13 Å². The molecule has 2 N–H and O–H groups in total. The van der Waals surface area contributed by atoms with E-state index in [1.165, 1.54) is 51.3 Å². The van der Waals surface area contributed by atoms with Crippen molar-refractivity contribution in [2.24, 2.45) is 5.92 Å². The van der Waals surface area contributed by atoms with E-state index < -0.39 is 5.97 Å². The number of nitrogens with zero attached hydrogens (tertiary/aromatic N) is 2. The molecule has 0 aromatic carbocycles. The van der Waals surface area contributed by atoms with E-state index in [0.29, 0.717) is 11.7 Å². The zero-order valence-corrected chi connectivity index (χ0v) is 15.5. The Morgan fingerprint density at radius 1 is 1.38 bits per heavy atom. The molecule has 2 aliphatic rings. The second-order valence-electron chi connectivity index (χ2n) is 6.64. The summed E-state index contributed by atoms with van der Waals surface area (Å²) in [6.07, 6.45) is 10.9. The van der Waals surface area contributed by atoms with E-state index in [-0.39, 0.29) is 12.4 Å². The molecule has 1 saturated carbocycles. The summed E-state index contributed by atoms with van der Waals surface area (Å²) in [5, 5.41) is 14.9. The van der Waals surface area contributed by atoms with Crippen LogP contribution in [0, 0.1) is 5.92 Å². The van der Waals surface area contributed by atoms with Crippen LogP contribution in [-0.2, 0) is 4.79 Å². The average Bonchev–Trinajstić information content (AvgIpc) is 3.16. The van der Waals surface area contributed by atoms with Crippen molar-refractivity contribution >= 4 is 40.9 Å². The number of aliphatic carboxylic acids is 1. The minimum absolute atomic E-state index is 0. The van der Waals surface area contributed by atoms with Crippen molar-refractivity contribution in [3.8, 4) is 0 Å². The van der Waals surface area contributed by atoms with E-state index in [1.54, 1.807) is 11.3 Å². The number of thiazole rings is 1. The Morgan fingerprint density at radius 3 is 2.92 bits per heavy atom. The summed E-state index contributed by atoms with van der Waals surface area (Å²) in [7, 11) is 0. The van der Waals surface area contributed by atoms with Crippen LogP contribution < -0.4 is 5.32 Å². The Balaban J connectivity index is 0.00000208. The fraction of sp³-hybridized carbons (Fsp3) is 0.647. The van der Waals surface area contributed by atoms with Crippen LogP contribution in [0.1, 0.15) is 44.2 Å². The predicted octanol–water partition coefficient (Wildman–Crippen LogP) is 3.73. The van der Waals surface area contributed by atoms with Crippen molar-refractivity contribution in [1.29, 1.82) is 0 Å². The number of hydrogen-bond donors (Lipinski definition) is 2. The minimum Gasteiger partial charge on any atom is -0.478 e. The molecule has 0 amide bonds. The topological polar surface area (TPSA) is 65.5 Å². The third-order valence-electron chi connectivity index (χ3n) is 4.76. The zero-order chi connectivity index (χ0) is 16.1. The Morgan fingerprint density at radius 2 is 2.17 bits per heavy atom. The molecule has 24 heavy (non-hydrogen) atoms. The zero-order valence-electron chi connectivity index (χ0n) is 13.8. The van der Waals surface area contributed by atoms with Crippen molar-refractivity contribution in [2.75, 3.05) is 25.0 Å². The maximum Gasteiger partial charge on any atom is 0.328 e. The van der Waals surface area contributed by atoms with Gasteiger partial charge in [-0.15, -0.1) is 23.7 Å². The number of carboxylic acids is 1. The van der Waals surface area contributed by atoms with E-state index in [9.17, 15) is 4.79 Å². The number of carboxylic acid groups (broad SMARTS) is 1. The van der Waals surface area contributed by atoms with Crippen LogP contribution in [0.15, 0.2) is 11.5 Å². The monoisotopic (exact) mass is 371 g/mol. The molecule has 2 fully saturated rings. The molecule has 0 radical (unpaired) electrons. The lowest BCUT2D eigenvalue weighted by atomic mass is 9.89. The predicted molar refractivity (Wildman–Crippen MR) is 101 cm³/mol. The Bertz CT molecular complexity index is 558. The number of carbonyl (C=O) groups is 1. The van der Waals surface area contributed by atoms with Gasteiger partial charge in [0.05, 0.1) is 5.69 Å². The van der Waals surface area contributed by atoms with Gasteiger partial charge in [-0.2, -0.15) is 0 Å². The molecular formula is C17H26ClN3O2S. The van der Waals surface area contributed by atoms with Gasteiger partial charge in [0.15, 0.2) is 5.13 Å². The maximum absolute atomic E-state index is 10.5. The normalized spacial score (nSPS) is 22.6. The molecule has 5 nitrogen and oxygen atoms in total. The van der Waals surface area contributed by atoms with Gasteiger partial charge in [-0.05, 0) is 31.3 Å². The third-order valence-corrected chi connectivity index (χ3v) is 5.55. The van der Waals surface area contributed by atoms with Crippen molar-refractivity contribution in [3.63, 3.8) is 0 Å². The second-order valence-corrected chi connectivity index (χ2v) is 7.50. The molecule has 1 aliphatic heterocycles. The van der Waals surface area contributed by atoms with Gasteiger partial charge >= 0.3 is 5.97 Å². The highest BCUT2D eigenvalue weighted by molar-refractivity contribution is 7.13. The summed E-state index contributed by atoms with van der Waals surface area (Å²) in [5.41, 5.74) is 0.706. The van der Waals surface area contributed by atoms with Crippen molar-refractivity contribution < 1.29 is 9.90 Å². The summed E-state index contributed by atoms with van der Waals surface area (Å²) in [6.45, 7) is 3.52. The lowest BCUT2D eigenvalue weighted by molar-refractivity contribution is -0.131. The Kier molecular flexibility index (Phi) is 7.52. The molecular weight excluding hydrogens is 346 g/mol. The number of anilines is 1. The first-order valence-electron chi connectivity index (χ1n) is 8.54. The average molecular weight is 372 g/mol. The van der Waals surface area contributed by atoms with Crippen LogP contribution >= 0.6 is 23.7 Å². The first-order chi connectivity index (χ1) is 11.2. The fourth-order valence-electron chi connectivity index (χ4n) is 3.61. The van der Waals surface area contributed by atoms with Gasteiger partial charge in [-0.3, -0.25) is 0 Å². The molecule has 134 valence electrons. The molecule has 3 rings (SSSR count). The highest BCUT2D eigenvalue weighted by Gasteiger charge is 2.25. The Labute approximate surface area is 153 Å². The minimum atomic E-state index is -0.943. The van der Waals surface area contributed by atoms with Crippen molar-refractivity contribution in [2.45, 2.75) is 44.6 Å². The molecule has 1 aliphatic carbocycles. The van der Waals surface area contributed by atoms with E-state index in [1.807, 2.05) is 5.38 Å².